The fourth-order valence-electron chi connectivity index (χ4n) is 3.50. The Morgan fingerprint density at radius 3 is 1.77 bits per heavy atom. The first-order valence-electron chi connectivity index (χ1n) is 11.0. The van der Waals surface area contributed by atoms with Crippen LogP contribution in [0.15, 0.2) is 0 Å². The molecule has 3 heteroatoms. The molecule has 0 unspecified atom stereocenters. The molecule has 1 saturated heterocycles. The molecular formula is C23H42O3. The van der Waals surface area contributed by atoms with E-state index >= 15 is 0 Å². The van der Waals surface area contributed by atoms with Crippen molar-refractivity contribution < 1.29 is 14.6 Å². The van der Waals surface area contributed by atoms with Gasteiger partial charge in [0.1, 0.15) is 12.2 Å². The fourth-order valence-corrected chi connectivity index (χ4v) is 3.50. The van der Waals surface area contributed by atoms with Crippen molar-refractivity contribution in [3.63, 3.8) is 0 Å². The predicted molar refractivity (Wildman–Crippen MR) is 109 cm³/mol. The van der Waals surface area contributed by atoms with E-state index in [0.29, 0.717) is 0 Å². The number of hydrogen-bond donors (Lipinski definition) is 1. The van der Waals surface area contributed by atoms with Crippen LogP contribution in [-0.2, 0) is 9.47 Å². The molecule has 0 bridgehead atoms. The average molecular weight is 367 g/mol. The van der Waals surface area contributed by atoms with E-state index in [2.05, 4.69) is 18.8 Å². The summed E-state index contributed by atoms with van der Waals surface area (Å²) in [6.45, 7) is 5.97. The third-order valence-electron chi connectivity index (χ3n) is 5.01. The van der Waals surface area contributed by atoms with E-state index in [1.54, 1.807) is 0 Å². The Morgan fingerprint density at radius 2 is 1.27 bits per heavy atom. The van der Waals surface area contributed by atoms with E-state index in [1.165, 1.54) is 77.0 Å². The molecule has 2 atom stereocenters. The second kappa shape index (κ2) is 14.5. The van der Waals surface area contributed by atoms with Gasteiger partial charge in [-0.15, -0.1) is 5.92 Å². The minimum atomic E-state index is -0.637. The first-order chi connectivity index (χ1) is 12.6. The van der Waals surface area contributed by atoms with Gasteiger partial charge >= 0.3 is 0 Å². The molecule has 152 valence electrons. The van der Waals surface area contributed by atoms with Gasteiger partial charge in [-0.1, -0.05) is 89.9 Å². The molecule has 0 aromatic carbocycles. The largest absolute Gasteiger partial charge is 0.394 e. The van der Waals surface area contributed by atoms with E-state index in [4.69, 9.17) is 9.47 Å². The Labute approximate surface area is 162 Å². The normalized spacial score (nSPS) is 21.5. The monoisotopic (exact) mass is 366 g/mol. The van der Waals surface area contributed by atoms with Crippen LogP contribution in [0.5, 0.6) is 0 Å². The third-order valence-corrected chi connectivity index (χ3v) is 5.01. The summed E-state index contributed by atoms with van der Waals surface area (Å²) in [5.74, 6) is 5.69. The number of aliphatic hydroxyl groups excluding tert-OH is 1. The lowest BCUT2D eigenvalue weighted by Crippen LogP contribution is -2.25. The number of aliphatic hydroxyl groups is 1. The van der Waals surface area contributed by atoms with Crippen molar-refractivity contribution in [2.75, 3.05) is 6.61 Å². The van der Waals surface area contributed by atoms with Crippen molar-refractivity contribution in [2.24, 2.45) is 0 Å². The van der Waals surface area contributed by atoms with E-state index in [-0.39, 0.29) is 18.8 Å². The van der Waals surface area contributed by atoms with Crippen LogP contribution in [0, 0.1) is 11.8 Å². The fraction of sp³-hybridized carbons (Fsp3) is 0.913. The van der Waals surface area contributed by atoms with Gasteiger partial charge in [0.2, 0.25) is 0 Å². The molecule has 0 aromatic rings. The summed E-state index contributed by atoms with van der Waals surface area (Å²) < 4.78 is 11.3. The highest BCUT2D eigenvalue weighted by molar-refractivity contribution is 5.10. The van der Waals surface area contributed by atoms with Crippen molar-refractivity contribution >= 4 is 0 Å². The lowest BCUT2D eigenvalue weighted by molar-refractivity contribution is -0.145. The Bertz CT molecular complexity index is 394. The summed E-state index contributed by atoms with van der Waals surface area (Å²) in [6.07, 6.45) is 18.1. The standard InChI is InChI=1S/C23H42O3/c1-4-5-6-7-8-9-10-11-12-13-14-15-16-17-18-19-21-22(20-24)26-23(2,3)25-21/h21-22,24H,4-17,20H2,1-3H3/t21-,22-/m0/s1. The summed E-state index contributed by atoms with van der Waals surface area (Å²) in [7, 11) is 0. The zero-order valence-electron chi connectivity index (χ0n) is 17.5. The van der Waals surface area contributed by atoms with Gasteiger partial charge in [-0.25, -0.2) is 0 Å². The van der Waals surface area contributed by atoms with Crippen LogP contribution >= 0.6 is 0 Å². The topological polar surface area (TPSA) is 38.7 Å². The molecule has 0 aliphatic carbocycles. The number of hydrogen-bond acceptors (Lipinski definition) is 3. The molecule has 0 spiro atoms. The number of unbranched alkanes of at least 4 members (excludes halogenated alkanes) is 13. The highest BCUT2D eigenvalue weighted by Crippen LogP contribution is 2.27. The Balaban J connectivity index is 1.90. The number of ether oxygens (including phenoxy) is 2. The Morgan fingerprint density at radius 1 is 0.769 bits per heavy atom. The molecule has 0 radical (unpaired) electrons. The van der Waals surface area contributed by atoms with Crippen LogP contribution in [0.4, 0.5) is 0 Å². The van der Waals surface area contributed by atoms with E-state index in [9.17, 15) is 5.11 Å². The zero-order valence-corrected chi connectivity index (χ0v) is 17.5. The van der Waals surface area contributed by atoms with Crippen LogP contribution in [0.2, 0.25) is 0 Å². The van der Waals surface area contributed by atoms with E-state index in [0.717, 1.165) is 12.8 Å². The summed E-state index contributed by atoms with van der Waals surface area (Å²) in [6, 6.07) is 0. The summed E-state index contributed by atoms with van der Waals surface area (Å²) in [4.78, 5) is 0. The molecule has 0 saturated carbocycles. The van der Waals surface area contributed by atoms with Gasteiger partial charge in [-0.2, -0.15) is 0 Å². The van der Waals surface area contributed by atoms with Crippen molar-refractivity contribution in [1.82, 2.24) is 0 Å². The van der Waals surface area contributed by atoms with Crippen molar-refractivity contribution in [1.29, 1.82) is 0 Å². The maximum Gasteiger partial charge on any atom is 0.165 e. The molecule has 26 heavy (non-hydrogen) atoms. The average Bonchev–Trinajstić information content (AvgIpc) is 2.92. The van der Waals surface area contributed by atoms with Crippen LogP contribution in [0.1, 0.15) is 111 Å². The molecule has 1 N–H and O–H groups in total. The van der Waals surface area contributed by atoms with Crippen molar-refractivity contribution in [3.8, 4) is 11.8 Å². The van der Waals surface area contributed by atoms with Gasteiger partial charge in [0, 0.05) is 6.42 Å². The molecule has 0 amide bonds. The van der Waals surface area contributed by atoms with Crippen LogP contribution in [0.25, 0.3) is 0 Å². The molecule has 1 aliphatic heterocycles. The lowest BCUT2D eigenvalue weighted by atomic mass is 10.0. The lowest BCUT2D eigenvalue weighted by Gasteiger charge is -2.15. The molecule has 1 fully saturated rings. The van der Waals surface area contributed by atoms with Crippen LogP contribution in [-0.4, -0.2) is 29.7 Å². The molecule has 1 rings (SSSR count). The van der Waals surface area contributed by atoms with Gasteiger partial charge < -0.3 is 14.6 Å². The highest BCUT2D eigenvalue weighted by Gasteiger charge is 2.39. The SMILES string of the molecule is CCCCCCCCCCCCCCCC#C[C@@H]1OC(C)(C)O[C@H]1CO. The van der Waals surface area contributed by atoms with Gasteiger partial charge in [-0.05, 0) is 20.3 Å². The van der Waals surface area contributed by atoms with E-state index < -0.39 is 5.79 Å². The molecule has 0 aromatic heterocycles. The van der Waals surface area contributed by atoms with Gasteiger partial charge in [0.15, 0.2) is 5.79 Å². The Hall–Kier alpha value is -0.560. The molecule has 1 heterocycles. The highest BCUT2D eigenvalue weighted by atomic mass is 16.8. The molecule has 1 aliphatic rings. The smallest absolute Gasteiger partial charge is 0.165 e. The minimum Gasteiger partial charge on any atom is -0.394 e. The van der Waals surface area contributed by atoms with E-state index in [1.807, 2.05) is 13.8 Å². The predicted octanol–water partition coefficient (Wildman–Crippen LogP) is 5.98. The molecular weight excluding hydrogens is 324 g/mol. The summed E-state index contributed by atoms with van der Waals surface area (Å²) in [5.41, 5.74) is 0. The minimum absolute atomic E-state index is 0.0402. The first kappa shape index (κ1) is 23.5. The van der Waals surface area contributed by atoms with Crippen LogP contribution < -0.4 is 0 Å². The second-order valence-corrected chi connectivity index (χ2v) is 8.09. The van der Waals surface area contributed by atoms with Gasteiger partial charge in [-0.3, -0.25) is 0 Å². The quantitative estimate of drug-likeness (QED) is 0.303. The maximum atomic E-state index is 9.32. The van der Waals surface area contributed by atoms with Crippen LogP contribution in [0.3, 0.4) is 0 Å². The summed E-state index contributed by atoms with van der Waals surface area (Å²) >= 11 is 0. The summed E-state index contributed by atoms with van der Waals surface area (Å²) in [5, 5.41) is 9.32. The van der Waals surface area contributed by atoms with Gasteiger partial charge in [0.05, 0.1) is 6.61 Å². The Kier molecular flexibility index (Phi) is 13.1. The molecule has 3 nitrogen and oxygen atoms in total. The van der Waals surface area contributed by atoms with Gasteiger partial charge in [0.25, 0.3) is 0 Å². The third kappa shape index (κ3) is 11.2. The maximum absolute atomic E-state index is 9.32. The zero-order chi connectivity index (χ0) is 19.1. The number of rotatable bonds is 14. The first-order valence-corrected chi connectivity index (χ1v) is 11.0. The van der Waals surface area contributed by atoms with Crippen molar-refractivity contribution in [3.05, 3.63) is 0 Å². The van der Waals surface area contributed by atoms with Crippen molar-refractivity contribution in [2.45, 2.75) is 129 Å². The second-order valence-electron chi connectivity index (χ2n) is 8.09.